The normalized spacial score (nSPS) is 14.7. The van der Waals surface area contributed by atoms with E-state index in [4.69, 9.17) is 5.73 Å². The van der Waals surface area contributed by atoms with Gasteiger partial charge in [0.25, 0.3) is 0 Å². The fourth-order valence-electron chi connectivity index (χ4n) is 1.79. The fourth-order valence-corrected chi connectivity index (χ4v) is 2.40. The Kier molecular flexibility index (Phi) is 3.08. The molecule has 1 atom stereocenters. The molecular weight excluding hydrogens is 216 g/mol. The van der Waals surface area contributed by atoms with Crippen LogP contribution in [0.5, 0.6) is 0 Å². The van der Waals surface area contributed by atoms with Crippen LogP contribution in [0.4, 0.5) is 0 Å². The van der Waals surface area contributed by atoms with Crippen molar-refractivity contribution in [2.75, 3.05) is 0 Å². The zero-order valence-electron chi connectivity index (χ0n) is 9.60. The number of hydrogen-bond acceptors (Lipinski definition) is 3. The fraction of sp³-hybridized carbons (Fsp3) is 0.308. The van der Waals surface area contributed by atoms with Crippen LogP contribution in [0.1, 0.15) is 23.2 Å². The smallest absolute Gasteiger partial charge is 0.0897 e. The van der Waals surface area contributed by atoms with Crippen molar-refractivity contribution in [3.63, 3.8) is 0 Å². The summed E-state index contributed by atoms with van der Waals surface area (Å²) in [6, 6.07) is 10.2. The number of thiazole rings is 1. The monoisotopic (exact) mass is 232 g/mol. The van der Waals surface area contributed by atoms with Crippen molar-refractivity contribution >= 4 is 11.3 Å². The highest BCUT2D eigenvalue weighted by Gasteiger charge is 2.22. The number of nitrogens with zero attached hydrogens (tertiary/aromatic N) is 1. The zero-order chi connectivity index (χ0) is 11.6. The number of nitrogens with two attached hydrogens (primary N) is 1. The lowest BCUT2D eigenvalue weighted by atomic mass is 9.89. The Hall–Kier alpha value is -1.19. The van der Waals surface area contributed by atoms with Gasteiger partial charge in [0.05, 0.1) is 10.7 Å². The maximum Gasteiger partial charge on any atom is 0.0897 e. The number of benzene rings is 1. The summed E-state index contributed by atoms with van der Waals surface area (Å²) in [5.74, 6) is 0. The summed E-state index contributed by atoms with van der Waals surface area (Å²) in [6.07, 6.45) is 0.779. The molecule has 0 bridgehead atoms. The minimum Gasteiger partial charge on any atom is -0.321 e. The summed E-state index contributed by atoms with van der Waals surface area (Å²) in [4.78, 5) is 4.46. The first-order valence-electron chi connectivity index (χ1n) is 5.33. The van der Waals surface area contributed by atoms with E-state index in [1.165, 1.54) is 0 Å². The molecule has 0 saturated carbocycles. The summed E-state index contributed by atoms with van der Waals surface area (Å²) in [5, 5.41) is 3.18. The van der Waals surface area contributed by atoms with Crippen LogP contribution >= 0.6 is 11.3 Å². The minimum atomic E-state index is -0.345. The number of aryl methyl sites for hydroxylation is 1. The second-order valence-corrected chi connectivity index (χ2v) is 5.38. The number of hydrogen-bond donors (Lipinski definition) is 1. The molecule has 0 spiro atoms. The van der Waals surface area contributed by atoms with Crippen LogP contribution in [0.25, 0.3) is 0 Å². The van der Waals surface area contributed by atoms with Crippen LogP contribution in [0.2, 0.25) is 0 Å². The SMILES string of the molecule is Cc1nc(CC(C)(N)c2ccccc2)cs1. The molecule has 0 radical (unpaired) electrons. The maximum atomic E-state index is 6.34. The molecule has 1 aromatic heterocycles. The predicted octanol–water partition coefficient (Wildman–Crippen LogP) is 2.87. The Bertz CT molecular complexity index is 460. The van der Waals surface area contributed by atoms with Crippen molar-refractivity contribution in [2.24, 2.45) is 5.73 Å². The molecule has 0 aliphatic heterocycles. The van der Waals surface area contributed by atoms with Crippen LogP contribution in [0.3, 0.4) is 0 Å². The van der Waals surface area contributed by atoms with Gasteiger partial charge >= 0.3 is 0 Å². The number of aromatic nitrogens is 1. The Morgan fingerprint density at radius 1 is 1.31 bits per heavy atom. The Labute approximate surface area is 100 Å². The van der Waals surface area contributed by atoms with E-state index in [9.17, 15) is 0 Å². The summed E-state index contributed by atoms with van der Waals surface area (Å²) in [5.41, 5.74) is 8.23. The third kappa shape index (κ3) is 2.49. The molecule has 1 heterocycles. The lowest BCUT2D eigenvalue weighted by molar-refractivity contribution is 0.486. The summed E-state index contributed by atoms with van der Waals surface area (Å²) < 4.78 is 0. The molecule has 0 amide bonds. The van der Waals surface area contributed by atoms with Gasteiger partial charge in [-0.2, -0.15) is 0 Å². The molecular formula is C13H16N2S. The first kappa shape index (κ1) is 11.3. The van der Waals surface area contributed by atoms with Gasteiger partial charge in [0.1, 0.15) is 0 Å². The Balaban J connectivity index is 2.20. The molecule has 84 valence electrons. The Morgan fingerprint density at radius 3 is 2.56 bits per heavy atom. The van der Waals surface area contributed by atoms with E-state index in [0.717, 1.165) is 22.7 Å². The van der Waals surface area contributed by atoms with E-state index in [-0.39, 0.29) is 5.54 Å². The van der Waals surface area contributed by atoms with E-state index in [2.05, 4.69) is 29.4 Å². The van der Waals surface area contributed by atoms with Crippen LogP contribution in [-0.4, -0.2) is 4.98 Å². The van der Waals surface area contributed by atoms with Gasteiger partial charge in [-0.25, -0.2) is 4.98 Å². The van der Waals surface area contributed by atoms with Crippen molar-refractivity contribution in [1.82, 2.24) is 4.98 Å². The first-order chi connectivity index (χ1) is 7.58. The molecule has 1 unspecified atom stereocenters. The molecule has 3 heteroatoms. The molecule has 16 heavy (non-hydrogen) atoms. The van der Waals surface area contributed by atoms with E-state index >= 15 is 0 Å². The quantitative estimate of drug-likeness (QED) is 0.883. The van der Waals surface area contributed by atoms with E-state index < -0.39 is 0 Å². The van der Waals surface area contributed by atoms with Gasteiger partial charge in [-0.15, -0.1) is 11.3 Å². The molecule has 2 rings (SSSR count). The standard InChI is InChI=1S/C13H16N2S/c1-10-15-12(9-16-10)8-13(2,14)11-6-4-3-5-7-11/h3-7,9H,8,14H2,1-2H3. The lowest BCUT2D eigenvalue weighted by Crippen LogP contribution is -2.35. The van der Waals surface area contributed by atoms with Crippen molar-refractivity contribution < 1.29 is 0 Å². The van der Waals surface area contributed by atoms with Crippen LogP contribution in [-0.2, 0) is 12.0 Å². The largest absolute Gasteiger partial charge is 0.321 e. The van der Waals surface area contributed by atoms with Gasteiger partial charge in [0.2, 0.25) is 0 Å². The van der Waals surface area contributed by atoms with Gasteiger partial charge in [0.15, 0.2) is 0 Å². The summed E-state index contributed by atoms with van der Waals surface area (Å²) >= 11 is 1.67. The van der Waals surface area contributed by atoms with Gasteiger partial charge < -0.3 is 5.73 Å². The topological polar surface area (TPSA) is 38.9 Å². The van der Waals surface area contributed by atoms with E-state index in [1.807, 2.05) is 25.1 Å². The van der Waals surface area contributed by atoms with E-state index in [1.54, 1.807) is 11.3 Å². The molecule has 2 aromatic rings. The Morgan fingerprint density at radius 2 is 2.00 bits per heavy atom. The average molecular weight is 232 g/mol. The summed E-state index contributed by atoms with van der Waals surface area (Å²) in [6.45, 7) is 4.07. The lowest BCUT2D eigenvalue weighted by Gasteiger charge is -2.24. The van der Waals surface area contributed by atoms with Gasteiger partial charge in [-0.1, -0.05) is 30.3 Å². The number of rotatable bonds is 3. The van der Waals surface area contributed by atoms with Crippen LogP contribution < -0.4 is 5.73 Å². The molecule has 2 nitrogen and oxygen atoms in total. The van der Waals surface area contributed by atoms with Crippen molar-refractivity contribution in [3.05, 3.63) is 52.0 Å². The second-order valence-electron chi connectivity index (χ2n) is 4.32. The van der Waals surface area contributed by atoms with Crippen molar-refractivity contribution in [2.45, 2.75) is 25.8 Å². The van der Waals surface area contributed by atoms with Crippen molar-refractivity contribution in [1.29, 1.82) is 0 Å². The molecule has 0 aliphatic rings. The van der Waals surface area contributed by atoms with Gasteiger partial charge in [-0.05, 0) is 19.4 Å². The maximum absolute atomic E-state index is 6.34. The van der Waals surface area contributed by atoms with Gasteiger partial charge in [0, 0.05) is 17.3 Å². The van der Waals surface area contributed by atoms with E-state index in [0.29, 0.717) is 0 Å². The molecule has 0 fully saturated rings. The van der Waals surface area contributed by atoms with Gasteiger partial charge in [-0.3, -0.25) is 0 Å². The predicted molar refractivity (Wildman–Crippen MR) is 68.5 cm³/mol. The highest BCUT2D eigenvalue weighted by Crippen LogP contribution is 2.23. The highest BCUT2D eigenvalue weighted by atomic mass is 32.1. The van der Waals surface area contributed by atoms with Crippen LogP contribution in [0.15, 0.2) is 35.7 Å². The minimum absolute atomic E-state index is 0.345. The third-order valence-electron chi connectivity index (χ3n) is 2.65. The molecule has 1 aromatic carbocycles. The zero-order valence-corrected chi connectivity index (χ0v) is 10.4. The van der Waals surface area contributed by atoms with Crippen molar-refractivity contribution in [3.8, 4) is 0 Å². The average Bonchev–Trinajstić information content (AvgIpc) is 2.64. The molecule has 0 aliphatic carbocycles. The molecule has 0 saturated heterocycles. The highest BCUT2D eigenvalue weighted by molar-refractivity contribution is 7.09. The first-order valence-corrected chi connectivity index (χ1v) is 6.21. The third-order valence-corrected chi connectivity index (χ3v) is 3.47. The second kappa shape index (κ2) is 4.36. The van der Waals surface area contributed by atoms with Crippen LogP contribution in [0, 0.1) is 6.92 Å². The molecule has 2 N–H and O–H groups in total. The summed E-state index contributed by atoms with van der Waals surface area (Å²) in [7, 11) is 0.